The monoisotopic (exact) mass is 402 g/mol. The van der Waals surface area contributed by atoms with Crippen molar-refractivity contribution in [1.29, 1.82) is 0 Å². The largest absolute Gasteiger partial charge is 0.309 e. The zero-order valence-corrected chi connectivity index (χ0v) is 15.1. The quantitative estimate of drug-likeness (QED) is 0.823. The van der Waals surface area contributed by atoms with Crippen LogP contribution in [-0.4, -0.2) is 25.0 Å². The topological polar surface area (TPSA) is 32.3 Å². The van der Waals surface area contributed by atoms with Crippen LogP contribution in [0.25, 0.3) is 0 Å². The van der Waals surface area contributed by atoms with Crippen LogP contribution in [-0.2, 0) is 4.79 Å². The van der Waals surface area contributed by atoms with E-state index in [1.165, 1.54) is 0 Å². The molecule has 2 rings (SSSR count). The molecule has 0 saturated carbocycles. The Labute approximate surface area is 137 Å². The lowest BCUT2D eigenvalue weighted by Gasteiger charge is -2.34. The summed E-state index contributed by atoms with van der Waals surface area (Å²) in [7, 11) is 0. The summed E-state index contributed by atoms with van der Waals surface area (Å²) in [4.78, 5) is 14.5. The number of carbonyl (C=O) groups excluding carboxylic acids is 1. The molecule has 20 heavy (non-hydrogen) atoms. The number of halogens is 2. The molecule has 0 aliphatic carbocycles. The van der Waals surface area contributed by atoms with Gasteiger partial charge in [-0.1, -0.05) is 6.92 Å². The lowest BCUT2D eigenvalue weighted by Crippen LogP contribution is -2.51. The highest BCUT2D eigenvalue weighted by atomic mass is 79.9. The van der Waals surface area contributed by atoms with E-state index in [2.05, 4.69) is 56.2 Å². The number of hydrogen-bond donors (Lipinski definition) is 1. The highest BCUT2D eigenvalue weighted by Gasteiger charge is 2.31. The first-order chi connectivity index (χ1) is 9.54. The standard InChI is InChI=1S/C15H20Br2N2O/c1-3-6-18-13-5-4-7-19(15(13)20)14-11(16)8-10(2)9-12(14)17/h8-9,13,18H,3-7H2,1-2H3. The molecule has 1 aliphatic rings. The number of aryl methyl sites for hydroxylation is 1. The summed E-state index contributed by atoms with van der Waals surface area (Å²) in [6.45, 7) is 5.83. The van der Waals surface area contributed by atoms with Gasteiger partial charge in [-0.25, -0.2) is 0 Å². The normalized spacial score (nSPS) is 19.5. The molecular formula is C15H20Br2N2O. The van der Waals surface area contributed by atoms with Crippen molar-refractivity contribution in [2.75, 3.05) is 18.0 Å². The molecule has 3 nitrogen and oxygen atoms in total. The average molecular weight is 404 g/mol. The third-order valence-electron chi connectivity index (χ3n) is 3.51. The van der Waals surface area contributed by atoms with Crippen molar-refractivity contribution >= 4 is 43.5 Å². The minimum Gasteiger partial charge on any atom is -0.309 e. The number of rotatable bonds is 4. The fourth-order valence-electron chi connectivity index (χ4n) is 2.56. The maximum absolute atomic E-state index is 12.6. The van der Waals surface area contributed by atoms with Crippen molar-refractivity contribution < 1.29 is 4.79 Å². The third-order valence-corrected chi connectivity index (χ3v) is 4.72. The molecule has 1 unspecified atom stereocenters. The number of benzene rings is 1. The van der Waals surface area contributed by atoms with Gasteiger partial charge in [-0.2, -0.15) is 0 Å². The summed E-state index contributed by atoms with van der Waals surface area (Å²) in [6.07, 6.45) is 3.00. The summed E-state index contributed by atoms with van der Waals surface area (Å²) in [6, 6.07) is 4.05. The van der Waals surface area contributed by atoms with Gasteiger partial charge in [0, 0.05) is 15.5 Å². The van der Waals surface area contributed by atoms with Crippen LogP contribution in [0.3, 0.4) is 0 Å². The molecule has 1 aromatic rings. The molecule has 0 bridgehead atoms. The maximum Gasteiger partial charge on any atom is 0.244 e. The molecule has 5 heteroatoms. The minimum atomic E-state index is -0.0520. The van der Waals surface area contributed by atoms with Crippen LogP contribution < -0.4 is 10.2 Å². The molecule has 1 aromatic carbocycles. The van der Waals surface area contributed by atoms with Gasteiger partial charge in [0.1, 0.15) is 0 Å². The van der Waals surface area contributed by atoms with Gasteiger partial charge in [-0.3, -0.25) is 4.79 Å². The SMILES string of the molecule is CCCNC1CCCN(c2c(Br)cc(C)cc2Br)C1=O. The van der Waals surface area contributed by atoms with Crippen molar-refractivity contribution in [2.45, 2.75) is 39.2 Å². The Kier molecular flexibility index (Phi) is 5.64. The zero-order chi connectivity index (χ0) is 14.7. The number of carbonyl (C=O) groups is 1. The van der Waals surface area contributed by atoms with Crippen LogP contribution in [0.4, 0.5) is 5.69 Å². The first kappa shape index (κ1) is 16.0. The average Bonchev–Trinajstić information content (AvgIpc) is 2.38. The van der Waals surface area contributed by atoms with Crippen LogP contribution in [0.15, 0.2) is 21.1 Å². The smallest absolute Gasteiger partial charge is 0.244 e. The van der Waals surface area contributed by atoms with Gasteiger partial charge < -0.3 is 10.2 Å². The van der Waals surface area contributed by atoms with Crippen LogP contribution in [0.2, 0.25) is 0 Å². The zero-order valence-electron chi connectivity index (χ0n) is 11.9. The van der Waals surface area contributed by atoms with Gasteiger partial charge >= 0.3 is 0 Å². The molecule has 1 fully saturated rings. The summed E-state index contributed by atoms with van der Waals surface area (Å²) in [5, 5.41) is 3.35. The molecule has 0 radical (unpaired) electrons. The van der Waals surface area contributed by atoms with Crippen molar-refractivity contribution in [3.05, 3.63) is 26.6 Å². The van der Waals surface area contributed by atoms with E-state index in [0.717, 1.165) is 52.5 Å². The molecule has 110 valence electrons. The van der Waals surface area contributed by atoms with Gasteiger partial charge in [0.25, 0.3) is 0 Å². The van der Waals surface area contributed by atoms with Crippen molar-refractivity contribution in [1.82, 2.24) is 5.32 Å². The Balaban J connectivity index is 2.26. The first-order valence-electron chi connectivity index (χ1n) is 7.05. The van der Waals surface area contributed by atoms with Crippen molar-refractivity contribution in [3.63, 3.8) is 0 Å². The Morgan fingerprint density at radius 1 is 1.35 bits per heavy atom. The molecule has 1 aliphatic heterocycles. The molecular weight excluding hydrogens is 384 g/mol. The summed E-state index contributed by atoms with van der Waals surface area (Å²) < 4.78 is 1.93. The van der Waals surface area contributed by atoms with Crippen LogP contribution >= 0.6 is 31.9 Å². The Morgan fingerprint density at radius 2 is 2.00 bits per heavy atom. The lowest BCUT2D eigenvalue weighted by molar-refractivity contribution is -0.121. The lowest BCUT2D eigenvalue weighted by atomic mass is 10.0. The summed E-state index contributed by atoms with van der Waals surface area (Å²) in [5.41, 5.74) is 2.11. The van der Waals surface area contributed by atoms with E-state index in [9.17, 15) is 4.79 Å². The molecule has 1 heterocycles. The van der Waals surface area contributed by atoms with Crippen LogP contribution in [0.1, 0.15) is 31.7 Å². The van der Waals surface area contributed by atoms with Gasteiger partial charge in [-0.15, -0.1) is 0 Å². The van der Waals surface area contributed by atoms with E-state index in [0.29, 0.717) is 0 Å². The van der Waals surface area contributed by atoms with E-state index in [1.54, 1.807) is 0 Å². The number of anilines is 1. The van der Waals surface area contributed by atoms with Gasteiger partial charge in [0.2, 0.25) is 5.91 Å². The van der Waals surface area contributed by atoms with Gasteiger partial charge in [0.05, 0.1) is 11.7 Å². The molecule has 1 atom stereocenters. The predicted molar refractivity (Wildman–Crippen MR) is 90.2 cm³/mol. The van der Waals surface area contributed by atoms with E-state index < -0.39 is 0 Å². The second-order valence-corrected chi connectivity index (χ2v) is 6.92. The van der Waals surface area contributed by atoms with Crippen LogP contribution in [0, 0.1) is 6.92 Å². The second-order valence-electron chi connectivity index (χ2n) is 5.22. The molecule has 0 aromatic heterocycles. The van der Waals surface area contributed by atoms with E-state index in [4.69, 9.17) is 0 Å². The van der Waals surface area contributed by atoms with Gasteiger partial charge in [0.15, 0.2) is 0 Å². The third kappa shape index (κ3) is 3.43. The van der Waals surface area contributed by atoms with Crippen LogP contribution in [0.5, 0.6) is 0 Å². The molecule has 1 saturated heterocycles. The van der Waals surface area contributed by atoms with E-state index in [-0.39, 0.29) is 11.9 Å². The fraction of sp³-hybridized carbons (Fsp3) is 0.533. The Hall–Kier alpha value is -0.390. The predicted octanol–water partition coefficient (Wildman–Crippen LogP) is 4.02. The summed E-state index contributed by atoms with van der Waals surface area (Å²) >= 11 is 7.18. The van der Waals surface area contributed by atoms with E-state index in [1.807, 2.05) is 11.8 Å². The van der Waals surface area contributed by atoms with E-state index >= 15 is 0 Å². The van der Waals surface area contributed by atoms with Crippen molar-refractivity contribution in [3.8, 4) is 0 Å². The summed E-state index contributed by atoms with van der Waals surface area (Å²) in [5.74, 6) is 0.176. The molecule has 1 amide bonds. The Bertz CT molecular complexity index is 482. The second kappa shape index (κ2) is 7.05. The first-order valence-corrected chi connectivity index (χ1v) is 8.63. The number of nitrogens with one attached hydrogen (secondary N) is 1. The van der Waals surface area contributed by atoms with Gasteiger partial charge in [-0.05, 0) is 82.3 Å². The number of hydrogen-bond acceptors (Lipinski definition) is 2. The molecule has 0 spiro atoms. The number of piperidine rings is 1. The fourth-order valence-corrected chi connectivity index (χ4v) is 4.40. The van der Waals surface area contributed by atoms with Crippen molar-refractivity contribution in [2.24, 2.45) is 0 Å². The molecule has 1 N–H and O–H groups in total. The maximum atomic E-state index is 12.6. The highest BCUT2D eigenvalue weighted by molar-refractivity contribution is 9.11. The highest BCUT2D eigenvalue weighted by Crippen LogP contribution is 2.37. The Morgan fingerprint density at radius 3 is 2.60 bits per heavy atom. The number of nitrogens with zero attached hydrogens (tertiary/aromatic N) is 1. The minimum absolute atomic E-state index is 0.0520. The number of amides is 1.